The molecule has 0 aliphatic heterocycles. The molecule has 0 saturated carbocycles. The van der Waals surface area contributed by atoms with E-state index in [0.29, 0.717) is 18.1 Å². The first-order valence-corrected chi connectivity index (χ1v) is 7.10. The van der Waals surface area contributed by atoms with E-state index >= 15 is 0 Å². The Labute approximate surface area is 115 Å². The van der Waals surface area contributed by atoms with Crippen LogP contribution in [0, 0.1) is 6.92 Å². The van der Waals surface area contributed by atoms with Crippen LogP contribution in [0.1, 0.15) is 17.2 Å². The van der Waals surface area contributed by atoms with Gasteiger partial charge in [0.1, 0.15) is 11.6 Å². The van der Waals surface area contributed by atoms with E-state index in [9.17, 15) is 8.42 Å². The molecular formula is C11H10ClN3O3S. The predicted octanol–water partition coefficient (Wildman–Crippen LogP) is 1.67. The van der Waals surface area contributed by atoms with Crippen LogP contribution < -0.4 is 0 Å². The zero-order valence-electron chi connectivity index (χ0n) is 9.91. The number of nitrogens with zero attached hydrogens (tertiary/aromatic N) is 3. The lowest BCUT2D eigenvalue weighted by atomic mass is 10.1. The van der Waals surface area contributed by atoms with Crippen molar-refractivity contribution in [2.24, 2.45) is 0 Å². The van der Waals surface area contributed by atoms with Crippen LogP contribution in [0.25, 0.3) is 0 Å². The molecule has 0 aliphatic rings. The van der Waals surface area contributed by atoms with E-state index in [4.69, 9.17) is 16.2 Å². The molecule has 8 heteroatoms. The fraction of sp³-hybridized carbons (Fsp3) is 0.182. The van der Waals surface area contributed by atoms with Gasteiger partial charge >= 0.3 is 0 Å². The summed E-state index contributed by atoms with van der Waals surface area (Å²) in [7, 11) is -4.17. The van der Waals surface area contributed by atoms with Crippen molar-refractivity contribution >= 4 is 21.7 Å². The van der Waals surface area contributed by atoms with Crippen molar-refractivity contribution in [2.45, 2.75) is 18.2 Å². The lowest BCUT2D eigenvalue weighted by Crippen LogP contribution is -2.02. The Morgan fingerprint density at radius 1 is 1.16 bits per heavy atom. The number of rotatable bonds is 3. The van der Waals surface area contributed by atoms with Gasteiger partial charge in [0.15, 0.2) is 0 Å². The number of hydrogen-bond acceptors (Lipinski definition) is 5. The summed E-state index contributed by atoms with van der Waals surface area (Å²) in [6.07, 6.45) is 0.398. The highest BCUT2D eigenvalue weighted by atomic mass is 35.5. The minimum Gasteiger partial charge on any atom is -0.282 e. The van der Waals surface area contributed by atoms with Crippen molar-refractivity contribution in [3.8, 4) is 0 Å². The monoisotopic (exact) mass is 299 g/mol. The van der Waals surface area contributed by atoms with Gasteiger partial charge in [-0.25, -0.2) is 15.0 Å². The molecule has 0 amide bonds. The van der Waals surface area contributed by atoms with E-state index in [1.165, 1.54) is 12.1 Å². The summed E-state index contributed by atoms with van der Waals surface area (Å²) >= 11 is 5.73. The van der Waals surface area contributed by atoms with Gasteiger partial charge in [-0.05, 0) is 36.2 Å². The molecule has 100 valence electrons. The molecule has 0 fully saturated rings. The summed E-state index contributed by atoms with van der Waals surface area (Å²) in [5.74, 6) is 1.02. The van der Waals surface area contributed by atoms with Gasteiger partial charge in [0.2, 0.25) is 5.28 Å². The molecule has 0 radical (unpaired) electrons. The standard InChI is InChI=1S/C11H10ClN3O3S/c1-7-13-10(15-11(12)14-7)6-8-2-4-9(5-3-8)19(16,17)18/h2-5H,6H2,1H3,(H,16,17,18). The van der Waals surface area contributed by atoms with Crippen LogP contribution in [-0.4, -0.2) is 27.9 Å². The first kappa shape index (κ1) is 13.9. The Bertz CT molecular complexity index is 681. The van der Waals surface area contributed by atoms with Crippen LogP contribution in [0.2, 0.25) is 5.28 Å². The number of aryl methyl sites for hydroxylation is 1. The summed E-state index contributed by atoms with van der Waals surface area (Å²) in [4.78, 5) is 11.8. The summed E-state index contributed by atoms with van der Waals surface area (Å²) in [6.45, 7) is 1.71. The minimum absolute atomic E-state index is 0.122. The van der Waals surface area contributed by atoms with Gasteiger partial charge < -0.3 is 0 Å². The third-order valence-corrected chi connectivity index (χ3v) is 3.39. The van der Waals surface area contributed by atoms with Crippen molar-refractivity contribution in [1.82, 2.24) is 15.0 Å². The van der Waals surface area contributed by atoms with Crippen molar-refractivity contribution in [2.75, 3.05) is 0 Å². The quantitative estimate of drug-likeness (QED) is 0.867. The number of aromatic nitrogens is 3. The van der Waals surface area contributed by atoms with Crippen molar-refractivity contribution in [3.05, 3.63) is 46.8 Å². The Balaban J connectivity index is 2.24. The largest absolute Gasteiger partial charge is 0.294 e. The van der Waals surface area contributed by atoms with E-state index in [1.807, 2.05) is 0 Å². The Morgan fingerprint density at radius 2 is 1.79 bits per heavy atom. The predicted molar refractivity (Wildman–Crippen MR) is 68.6 cm³/mol. The second-order valence-corrected chi connectivity index (χ2v) is 5.62. The summed E-state index contributed by atoms with van der Waals surface area (Å²) in [6, 6.07) is 5.80. The van der Waals surface area contributed by atoms with Crippen molar-refractivity contribution in [3.63, 3.8) is 0 Å². The van der Waals surface area contributed by atoms with Gasteiger partial charge in [-0.3, -0.25) is 4.55 Å². The molecule has 6 nitrogen and oxygen atoms in total. The topological polar surface area (TPSA) is 93.0 Å². The Morgan fingerprint density at radius 3 is 2.32 bits per heavy atom. The third kappa shape index (κ3) is 3.69. The van der Waals surface area contributed by atoms with Crippen LogP contribution >= 0.6 is 11.6 Å². The highest BCUT2D eigenvalue weighted by molar-refractivity contribution is 7.85. The molecule has 1 aromatic heterocycles. The third-order valence-electron chi connectivity index (χ3n) is 2.35. The number of benzene rings is 1. The average molecular weight is 300 g/mol. The van der Waals surface area contributed by atoms with Crippen molar-refractivity contribution in [1.29, 1.82) is 0 Å². The first-order valence-electron chi connectivity index (χ1n) is 5.28. The average Bonchev–Trinajstić information content (AvgIpc) is 2.26. The van der Waals surface area contributed by atoms with Crippen LogP contribution in [0.5, 0.6) is 0 Å². The second-order valence-electron chi connectivity index (χ2n) is 3.86. The minimum atomic E-state index is -4.17. The Kier molecular flexibility index (Phi) is 3.79. The number of halogens is 1. The molecule has 2 aromatic rings. The summed E-state index contributed by atoms with van der Waals surface area (Å²) in [5, 5.41) is 0.122. The molecule has 0 saturated heterocycles. The fourth-order valence-corrected chi connectivity index (χ4v) is 2.24. The Hall–Kier alpha value is -1.57. The van der Waals surface area contributed by atoms with E-state index in [2.05, 4.69) is 15.0 Å². The summed E-state index contributed by atoms with van der Waals surface area (Å²) in [5.41, 5.74) is 0.800. The molecule has 2 rings (SSSR count). The van der Waals surface area contributed by atoms with Gasteiger partial charge in [-0.15, -0.1) is 0 Å². The van der Waals surface area contributed by atoms with Crippen LogP contribution in [0.4, 0.5) is 0 Å². The van der Waals surface area contributed by atoms with E-state index in [-0.39, 0.29) is 10.2 Å². The molecule has 19 heavy (non-hydrogen) atoms. The maximum atomic E-state index is 10.9. The van der Waals surface area contributed by atoms with E-state index in [0.717, 1.165) is 5.56 Å². The fourth-order valence-electron chi connectivity index (χ4n) is 1.54. The lowest BCUT2D eigenvalue weighted by Gasteiger charge is -2.03. The molecule has 0 aliphatic carbocycles. The lowest BCUT2D eigenvalue weighted by molar-refractivity contribution is 0.483. The molecule has 1 N–H and O–H groups in total. The van der Waals surface area contributed by atoms with Gasteiger partial charge in [0.05, 0.1) is 4.90 Å². The highest BCUT2D eigenvalue weighted by Crippen LogP contribution is 2.13. The van der Waals surface area contributed by atoms with Gasteiger partial charge in [0, 0.05) is 6.42 Å². The SMILES string of the molecule is Cc1nc(Cl)nc(Cc2ccc(S(=O)(=O)O)cc2)n1. The normalized spacial score (nSPS) is 11.5. The van der Waals surface area contributed by atoms with Crippen LogP contribution in [-0.2, 0) is 16.5 Å². The zero-order chi connectivity index (χ0) is 14.0. The first-order chi connectivity index (χ1) is 8.84. The smallest absolute Gasteiger partial charge is 0.282 e. The van der Waals surface area contributed by atoms with Crippen molar-refractivity contribution < 1.29 is 13.0 Å². The molecule has 0 spiro atoms. The molecule has 0 atom stereocenters. The maximum absolute atomic E-state index is 10.9. The van der Waals surface area contributed by atoms with Gasteiger partial charge in [-0.2, -0.15) is 8.42 Å². The maximum Gasteiger partial charge on any atom is 0.294 e. The van der Waals surface area contributed by atoms with Gasteiger partial charge in [-0.1, -0.05) is 12.1 Å². The zero-order valence-corrected chi connectivity index (χ0v) is 11.5. The van der Waals surface area contributed by atoms with E-state index < -0.39 is 10.1 Å². The summed E-state index contributed by atoms with van der Waals surface area (Å²) < 4.78 is 30.7. The van der Waals surface area contributed by atoms with Crippen LogP contribution in [0.3, 0.4) is 0 Å². The molecule has 0 bridgehead atoms. The molecular weight excluding hydrogens is 290 g/mol. The highest BCUT2D eigenvalue weighted by Gasteiger charge is 2.09. The van der Waals surface area contributed by atoms with Gasteiger partial charge in [0.25, 0.3) is 10.1 Å². The van der Waals surface area contributed by atoms with Crippen LogP contribution in [0.15, 0.2) is 29.2 Å². The molecule has 1 heterocycles. The number of hydrogen-bond donors (Lipinski definition) is 1. The molecule has 0 unspecified atom stereocenters. The second kappa shape index (κ2) is 5.20. The van der Waals surface area contributed by atoms with E-state index in [1.54, 1.807) is 19.1 Å². The molecule has 1 aromatic carbocycles.